The van der Waals surface area contributed by atoms with E-state index >= 15 is 0 Å². The Kier molecular flexibility index (Phi) is 9.12. The van der Waals surface area contributed by atoms with Crippen LogP contribution in [0, 0.1) is 0 Å². The fourth-order valence-electron chi connectivity index (χ4n) is 5.32. The average Bonchev–Trinajstić information content (AvgIpc) is 3.56. The van der Waals surface area contributed by atoms with Crippen molar-refractivity contribution < 1.29 is 23.9 Å². The third kappa shape index (κ3) is 7.29. The van der Waals surface area contributed by atoms with E-state index in [0.717, 1.165) is 25.2 Å². The fourth-order valence-corrected chi connectivity index (χ4v) is 5.32. The van der Waals surface area contributed by atoms with Crippen molar-refractivity contribution in [3.05, 3.63) is 65.7 Å². The zero-order valence-corrected chi connectivity index (χ0v) is 23.3. The van der Waals surface area contributed by atoms with Gasteiger partial charge in [-0.25, -0.2) is 4.79 Å². The number of likely N-dealkylation sites (N-methyl/N-ethyl adjacent to an activating group) is 1. The van der Waals surface area contributed by atoms with Crippen LogP contribution in [-0.4, -0.2) is 78.7 Å². The van der Waals surface area contributed by atoms with E-state index in [0.29, 0.717) is 17.9 Å². The predicted octanol–water partition coefficient (Wildman–Crippen LogP) is 3.76. The van der Waals surface area contributed by atoms with Crippen molar-refractivity contribution in [2.45, 2.75) is 63.8 Å². The summed E-state index contributed by atoms with van der Waals surface area (Å²) in [6, 6.07) is 14.6. The summed E-state index contributed by atoms with van der Waals surface area (Å²) in [6.07, 6.45) is 2.14. The maximum atomic E-state index is 14.0. The van der Waals surface area contributed by atoms with Crippen LogP contribution in [0.3, 0.4) is 0 Å². The molecular formula is C30H40N4O5. The van der Waals surface area contributed by atoms with Gasteiger partial charge < -0.3 is 25.0 Å². The van der Waals surface area contributed by atoms with Crippen LogP contribution in [0.4, 0.5) is 4.79 Å². The Hall–Kier alpha value is -3.59. The lowest BCUT2D eigenvalue weighted by Gasteiger charge is -2.32. The van der Waals surface area contributed by atoms with E-state index < -0.39 is 29.8 Å². The largest absolute Gasteiger partial charge is 0.492 e. The Morgan fingerprint density at radius 1 is 0.974 bits per heavy atom. The summed E-state index contributed by atoms with van der Waals surface area (Å²) in [5, 5.41) is 5.61. The zero-order valence-electron chi connectivity index (χ0n) is 23.3. The minimum atomic E-state index is -0.774. The van der Waals surface area contributed by atoms with Crippen LogP contribution in [0.15, 0.2) is 54.6 Å². The van der Waals surface area contributed by atoms with Crippen LogP contribution < -0.4 is 15.4 Å². The number of benzene rings is 2. The lowest BCUT2D eigenvalue weighted by atomic mass is 9.99. The fraction of sp³-hybridized carbons (Fsp3) is 0.500. The zero-order chi connectivity index (χ0) is 28.0. The van der Waals surface area contributed by atoms with Crippen molar-refractivity contribution in [1.82, 2.24) is 20.4 Å². The summed E-state index contributed by atoms with van der Waals surface area (Å²) in [5.74, 6) is 0.105. The summed E-state index contributed by atoms with van der Waals surface area (Å²) < 4.78 is 11.4. The Balaban J connectivity index is 1.56. The molecule has 39 heavy (non-hydrogen) atoms. The predicted molar refractivity (Wildman–Crippen MR) is 149 cm³/mol. The molecule has 9 nitrogen and oxygen atoms in total. The van der Waals surface area contributed by atoms with Crippen LogP contribution >= 0.6 is 0 Å². The van der Waals surface area contributed by atoms with E-state index in [1.807, 2.05) is 30.3 Å². The molecule has 2 heterocycles. The maximum absolute atomic E-state index is 14.0. The van der Waals surface area contributed by atoms with Crippen LogP contribution in [0.5, 0.6) is 5.75 Å². The highest BCUT2D eigenvalue weighted by Crippen LogP contribution is 2.38. The lowest BCUT2D eigenvalue weighted by Crippen LogP contribution is -2.46. The molecule has 0 radical (unpaired) electrons. The van der Waals surface area contributed by atoms with Gasteiger partial charge in [-0.2, -0.15) is 0 Å². The van der Waals surface area contributed by atoms with Crippen LogP contribution in [0.1, 0.15) is 62.0 Å². The molecular weight excluding hydrogens is 496 g/mol. The van der Waals surface area contributed by atoms with E-state index in [1.54, 1.807) is 57.0 Å². The van der Waals surface area contributed by atoms with Gasteiger partial charge in [-0.15, -0.1) is 0 Å². The molecule has 2 saturated heterocycles. The molecule has 0 bridgehead atoms. The summed E-state index contributed by atoms with van der Waals surface area (Å²) >= 11 is 0. The monoisotopic (exact) mass is 536 g/mol. The summed E-state index contributed by atoms with van der Waals surface area (Å²) in [5.41, 5.74) is 0.577. The molecule has 0 aliphatic carbocycles. The van der Waals surface area contributed by atoms with Crippen molar-refractivity contribution >= 4 is 17.9 Å². The number of alkyl carbamates (subject to hydrolysis) is 1. The Bertz CT molecular complexity index is 1130. The SMILES string of the molecule is CNC(=O)[C@@H]1C[C@@H](NC(=O)OC(C)(C)C)[C@H](c2ccccc2)N1C(=O)c1ccc(OCCN2CCCC2)cc1. The average molecular weight is 537 g/mol. The Morgan fingerprint density at radius 3 is 2.26 bits per heavy atom. The number of rotatable bonds is 8. The molecule has 0 unspecified atom stereocenters. The Morgan fingerprint density at radius 2 is 1.64 bits per heavy atom. The Labute approximate surface area is 230 Å². The van der Waals surface area contributed by atoms with Gasteiger partial charge in [0, 0.05) is 19.2 Å². The minimum absolute atomic E-state index is 0.252. The first-order valence-electron chi connectivity index (χ1n) is 13.7. The van der Waals surface area contributed by atoms with E-state index in [9.17, 15) is 14.4 Å². The molecule has 0 saturated carbocycles. The number of likely N-dealkylation sites (tertiary alicyclic amines) is 2. The maximum Gasteiger partial charge on any atom is 0.407 e. The van der Waals surface area contributed by atoms with E-state index in [4.69, 9.17) is 9.47 Å². The minimum Gasteiger partial charge on any atom is -0.492 e. The van der Waals surface area contributed by atoms with Gasteiger partial charge in [0.05, 0.1) is 12.1 Å². The molecule has 2 aromatic carbocycles. The van der Waals surface area contributed by atoms with Gasteiger partial charge in [-0.05, 0) is 83.0 Å². The number of carbonyl (C=O) groups is 3. The van der Waals surface area contributed by atoms with Crippen LogP contribution in [0.2, 0.25) is 0 Å². The number of nitrogens with zero attached hydrogens (tertiary/aromatic N) is 2. The van der Waals surface area contributed by atoms with Gasteiger partial charge in [0.25, 0.3) is 5.91 Å². The van der Waals surface area contributed by atoms with Crippen molar-refractivity contribution in [2.75, 3.05) is 33.3 Å². The van der Waals surface area contributed by atoms with Crippen molar-refractivity contribution in [3.63, 3.8) is 0 Å². The van der Waals surface area contributed by atoms with Gasteiger partial charge in [-0.1, -0.05) is 30.3 Å². The second kappa shape index (κ2) is 12.5. The molecule has 3 atom stereocenters. The first-order valence-corrected chi connectivity index (χ1v) is 13.7. The molecule has 210 valence electrons. The molecule has 9 heteroatoms. The number of nitrogens with one attached hydrogen (secondary N) is 2. The molecule has 2 aliphatic rings. The number of carbonyl (C=O) groups excluding carboxylic acids is 3. The number of amides is 3. The van der Waals surface area contributed by atoms with Gasteiger partial charge in [0.2, 0.25) is 5.91 Å². The summed E-state index contributed by atoms with van der Waals surface area (Å²) in [6.45, 7) is 9.08. The van der Waals surface area contributed by atoms with Gasteiger partial charge in [0.15, 0.2) is 0 Å². The highest BCUT2D eigenvalue weighted by molar-refractivity contribution is 5.98. The third-order valence-electron chi connectivity index (χ3n) is 7.10. The lowest BCUT2D eigenvalue weighted by molar-refractivity contribution is -0.124. The van der Waals surface area contributed by atoms with E-state index in [1.165, 1.54) is 12.8 Å². The molecule has 0 spiro atoms. The molecule has 3 amide bonds. The topological polar surface area (TPSA) is 100 Å². The molecule has 2 fully saturated rings. The number of hydrogen-bond acceptors (Lipinski definition) is 6. The quantitative estimate of drug-likeness (QED) is 0.533. The van der Waals surface area contributed by atoms with Crippen molar-refractivity contribution in [2.24, 2.45) is 0 Å². The molecule has 2 aliphatic heterocycles. The summed E-state index contributed by atoms with van der Waals surface area (Å²) in [7, 11) is 1.55. The van der Waals surface area contributed by atoms with Crippen LogP contribution in [-0.2, 0) is 9.53 Å². The van der Waals surface area contributed by atoms with Crippen LogP contribution in [0.25, 0.3) is 0 Å². The third-order valence-corrected chi connectivity index (χ3v) is 7.10. The molecule has 4 rings (SSSR count). The number of ether oxygens (including phenoxy) is 2. The molecule has 2 N–H and O–H groups in total. The van der Waals surface area contributed by atoms with Gasteiger partial charge in [0.1, 0.15) is 24.0 Å². The van der Waals surface area contributed by atoms with Gasteiger partial charge in [-0.3, -0.25) is 14.5 Å². The summed E-state index contributed by atoms with van der Waals surface area (Å²) in [4.78, 5) is 43.7. The van der Waals surface area contributed by atoms with Crippen molar-refractivity contribution in [1.29, 1.82) is 0 Å². The normalized spacial score (nSPS) is 21.4. The highest BCUT2D eigenvalue weighted by atomic mass is 16.6. The van der Waals surface area contributed by atoms with Crippen molar-refractivity contribution in [3.8, 4) is 5.75 Å². The standard InChI is InChI=1S/C30H40N4O5/c1-30(2,3)39-29(37)32-24-20-25(27(35)31-4)34(26(24)21-10-6-5-7-11-21)28(36)22-12-14-23(15-13-22)38-19-18-33-16-8-9-17-33/h5-7,10-15,24-26H,8-9,16-20H2,1-4H3,(H,31,35)(H,32,37)/t24-,25+,26+/m1/s1. The highest BCUT2D eigenvalue weighted by Gasteiger charge is 2.48. The smallest absolute Gasteiger partial charge is 0.407 e. The van der Waals surface area contributed by atoms with Gasteiger partial charge >= 0.3 is 6.09 Å². The van der Waals surface area contributed by atoms with E-state index in [-0.39, 0.29) is 18.2 Å². The second-order valence-corrected chi connectivity index (χ2v) is 11.1. The molecule has 2 aromatic rings. The molecule has 0 aromatic heterocycles. The number of hydrogen-bond donors (Lipinski definition) is 2. The first-order chi connectivity index (χ1) is 18.7. The second-order valence-electron chi connectivity index (χ2n) is 11.1. The first kappa shape index (κ1) is 28.4. The van der Waals surface area contributed by atoms with E-state index in [2.05, 4.69) is 15.5 Å².